The summed E-state index contributed by atoms with van der Waals surface area (Å²) in [7, 11) is -2.68. The van der Waals surface area contributed by atoms with Crippen molar-refractivity contribution in [2.24, 2.45) is 5.73 Å². The molecule has 0 spiro atoms. The third-order valence-electron chi connectivity index (χ3n) is 11.9. The molecule has 67 heavy (non-hydrogen) atoms. The quantitative estimate of drug-likeness (QED) is 0.0779. The van der Waals surface area contributed by atoms with Crippen molar-refractivity contribution in [1.82, 2.24) is 25.1 Å². The highest BCUT2D eigenvalue weighted by Gasteiger charge is 2.28. The van der Waals surface area contributed by atoms with Gasteiger partial charge in [0.1, 0.15) is 11.5 Å². The highest BCUT2D eigenvalue weighted by molar-refractivity contribution is 7.91. The van der Waals surface area contributed by atoms with Crippen molar-refractivity contribution in [3.8, 4) is 11.5 Å². The number of ether oxygens (including phenoxy) is 1. The zero-order chi connectivity index (χ0) is 47.6. The maximum Gasteiger partial charge on any atom is 0.254 e. The summed E-state index contributed by atoms with van der Waals surface area (Å²) >= 11 is 0. The standard InChI is InChI=1S/C50H49N7O9S/c1-29-21-37(26-40-45(29)53-27-41(48(51)61)46(40)54-34-10-6-11-35(25-34)66-3)67(64,65)36-12-5-9-33(24-36)50(63)57-19-17-56(18-20-57)49(62)32-8-4-7-31(23-32)22-30(2)52-28-43(59)38-13-15-42(58)47-39(38)14-16-44(60)55-47/h4-16,21,23-27,30,43,52,58-59H,17-20,22,28H2,1-3H3,(H2,51,61)(H,53,54)(H,55,60). The van der Waals surface area contributed by atoms with Crippen LogP contribution in [0.25, 0.3) is 21.8 Å². The number of aromatic hydroxyl groups is 1. The molecule has 16 nitrogen and oxygen atoms in total. The number of aryl methyl sites for hydroxylation is 1. The molecule has 0 aliphatic carbocycles. The molecule has 3 heterocycles. The zero-order valence-corrected chi connectivity index (χ0v) is 37.8. The summed E-state index contributed by atoms with van der Waals surface area (Å²) in [5, 5.41) is 28.7. The summed E-state index contributed by atoms with van der Waals surface area (Å²) in [6.45, 7) is 4.90. The molecule has 7 N–H and O–H groups in total. The predicted octanol–water partition coefficient (Wildman–Crippen LogP) is 5.63. The lowest BCUT2D eigenvalue weighted by Crippen LogP contribution is -2.50. The SMILES string of the molecule is COc1cccc(Nc2c(C(N)=O)cnc3c(C)cc(S(=O)(=O)c4cccc(C(=O)N5CCN(C(=O)c6cccc(CC(C)NCC(O)c7ccc(O)c8[nH]c(=O)ccc78)c6)CC5)c4)cc23)c1. The third kappa shape index (κ3) is 9.70. The molecule has 8 rings (SSSR count). The number of hydrogen-bond donors (Lipinski definition) is 6. The minimum atomic E-state index is -4.21. The van der Waals surface area contributed by atoms with Gasteiger partial charge in [-0.05, 0) is 104 Å². The summed E-state index contributed by atoms with van der Waals surface area (Å²) in [6.07, 6.45) is 0.990. The molecule has 5 aromatic carbocycles. The Labute approximate surface area is 385 Å². The molecule has 0 bridgehead atoms. The van der Waals surface area contributed by atoms with Crippen LogP contribution >= 0.6 is 0 Å². The van der Waals surface area contributed by atoms with Gasteiger partial charge in [-0.3, -0.25) is 24.2 Å². The van der Waals surface area contributed by atoms with Gasteiger partial charge < -0.3 is 46.1 Å². The number of amides is 3. The number of pyridine rings is 2. The van der Waals surface area contributed by atoms with Gasteiger partial charge in [0.2, 0.25) is 15.4 Å². The van der Waals surface area contributed by atoms with Crippen LogP contribution in [-0.4, -0.2) is 102 Å². The van der Waals surface area contributed by atoms with Gasteiger partial charge in [0.15, 0.2) is 0 Å². The average molecular weight is 924 g/mol. The maximum atomic E-state index is 14.3. The number of phenolic OH excluding ortho intramolecular Hbond substituents is 1. The summed E-state index contributed by atoms with van der Waals surface area (Å²) in [4.78, 5) is 62.2. The number of sulfone groups is 1. The number of anilines is 2. The van der Waals surface area contributed by atoms with Gasteiger partial charge in [-0.1, -0.05) is 30.3 Å². The van der Waals surface area contributed by atoms with Crippen molar-refractivity contribution in [2.75, 3.05) is 45.2 Å². The van der Waals surface area contributed by atoms with E-state index in [1.54, 1.807) is 65.3 Å². The van der Waals surface area contributed by atoms with Crippen molar-refractivity contribution in [3.05, 3.63) is 159 Å². The van der Waals surface area contributed by atoms with E-state index < -0.39 is 21.8 Å². The van der Waals surface area contributed by atoms with Crippen molar-refractivity contribution in [2.45, 2.75) is 42.2 Å². The normalized spacial score (nSPS) is 13.9. The fourth-order valence-corrected chi connectivity index (χ4v) is 9.83. The van der Waals surface area contributed by atoms with Crippen molar-refractivity contribution < 1.29 is 37.8 Å². The van der Waals surface area contributed by atoms with Crippen LogP contribution in [0, 0.1) is 6.92 Å². The van der Waals surface area contributed by atoms with Gasteiger partial charge in [0.05, 0.1) is 45.3 Å². The van der Waals surface area contributed by atoms with E-state index in [9.17, 15) is 37.8 Å². The number of carbonyl (C=O) groups excluding carboxylic acids is 3. The molecule has 0 saturated carbocycles. The molecule has 1 aliphatic rings. The number of fused-ring (bicyclic) bond motifs is 2. The topological polar surface area (TPSA) is 237 Å². The Balaban J connectivity index is 0.914. The number of piperazine rings is 1. The number of carbonyl (C=O) groups is 3. The molecule has 2 atom stereocenters. The molecule has 1 aliphatic heterocycles. The van der Waals surface area contributed by atoms with E-state index >= 15 is 0 Å². The lowest BCUT2D eigenvalue weighted by molar-refractivity contribution is 0.0535. The number of aromatic amines is 1. The van der Waals surface area contributed by atoms with Gasteiger partial charge in [-0.25, -0.2) is 8.42 Å². The Morgan fingerprint density at radius 2 is 1.54 bits per heavy atom. The number of H-pyrrole nitrogens is 1. The summed E-state index contributed by atoms with van der Waals surface area (Å²) in [5.74, 6) is -0.836. The molecule has 1 fully saturated rings. The number of benzene rings is 5. The molecule has 0 radical (unpaired) electrons. The number of methoxy groups -OCH3 is 1. The van der Waals surface area contributed by atoms with Gasteiger partial charge in [0.25, 0.3) is 17.7 Å². The number of aliphatic hydroxyl groups excluding tert-OH is 1. The molecule has 2 unspecified atom stereocenters. The molecule has 2 aromatic heterocycles. The largest absolute Gasteiger partial charge is 0.506 e. The number of aliphatic hydroxyl groups is 1. The fraction of sp³-hybridized carbons (Fsp3) is 0.220. The number of aromatic nitrogens is 2. The number of rotatable bonds is 14. The Hall–Kier alpha value is -7.60. The number of nitrogens with two attached hydrogens (primary N) is 1. The Morgan fingerprint density at radius 1 is 0.851 bits per heavy atom. The Kier molecular flexibility index (Phi) is 13.1. The highest BCUT2D eigenvalue weighted by atomic mass is 32.2. The van der Waals surface area contributed by atoms with Crippen molar-refractivity contribution >= 4 is 60.7 Å². The van der Waals surface area contributed by atoms with E-state index in [-0.39, 0.29) is 94.0 Å². The first-order chi connectivity index (χ1) is 32.1. The number of primary amides is 1. The summed E-state index contributed by atoms with van der Waals surface area (Å²) < 4.78 is 34.0. The first-order valence-electron chi connectivity index (χ1n) is 21.5. The summed E-state index contributed by atoms with van der Waals surface area (Å²) in [5.41, 5.74) is 9.70. The van der Waals surface area contributed by atoms with Crippen LogP contribution in [0.5, 0.6) is 11.5 Å². The highest BCUT2D eigenvalue weighted by Crippen LogP contribution is 2.35. The predicted molar refractivity (Wildman–Crippen MR) is 254 cm³/mol. The van der Waals surface area contributed by atoms with Crippen molar-refractivity contribution in [3.63, 3.8) is 0 Å². The Morgan fingerprint density at radius 3 is 2.24 bits per heavy atom. The second-order valence-corrected chi connectivity index (χ2v) is 18.5. The van der Waals surface area contributed by atoms with E-state index in [1.807, 2.05) is 25.1 Å². The fourth-order valence-electron chi connectivity index (χ4n) is 8.41. The second kappa shape index (κ2) is 19.1. The first-order valence-corrected chi connectivity index (χ1v) is 23.0. The number of nitrogens with zero attached hydrogens (tertiary/aromatic N) is 3. The lowest BCUT2D eigenvalue weighted by Gasteiger charge is -2.35. The van der Waals surface area contributed by atoms with E-state index in [4.69, 9.17) is 10.5 Å². The lowest BCUT2D eigenvalue weighted by atomic mass is 10.0. The van der Waals surface area contributed by atoms with E-state index in [0.717, 1.165) is 5.56 Å². The van der Waals surface area contributed by atoms with Gasteiger partial charge >= 0.3 is 0 Å². The second-order valence-electron chi connectivity index (χ2n) is 16.5. The minimum Gasteiger partial charge on any atom is -0.506 e. The van der Waals surface area contributed by atoms with Crippen LogP contribution in [0.4, 0.5) is 11.4 Å². The van der Waals surface area contributed by atoms with E-state index in [1.165, 1.54) is 55.8 Å². The molecule has 344 valence electrons. The molecule has 3 amide bonds. The maximum absolute atomic E-state index is 14.3. The molecule has 7 aromatic rings. The number of phenols is 1. The van der Waals surface area contributed by atoms with E-state index in [0.29, 0.717) is 50.8 Å². The van der Waals surface area contributed by atoms with Crippen LogP contribution in [-0.2, 0) is 16.3 Å². The number of hydrogen-bond acceptors (Lipinski definition) is 12. The van der Waals surface area contributed by atoms with Crippen LogP contribution in [0.1, 0.15) is 60.8 Å². The van der Waals surface area contributed by atoms with Crippen LogP contribution in [0.3, 0.4) is 0 Å². The van der Waals surface area contributed by atoms with Gasteiger partial charge in [0, 0.05) is 84.7 Å². The molecule has 17 heteroatoms. The van der Waals surface area contributed by atoms with Crippen LogP contribution in [0.2, 0.25) is 0 Å². The number of nitrogens with one attached hydrogen (secondary N) is 3. The van der Waals surface area contributed by atoms with Crippen LogP contribution in [0.15, 0.2) is 130 Å². The van der Waals surface area contributed by atoms with E-state index in [2.05, 4.69) is 20.6 Å². The van der Waals surface area contributed by atoms with Gasteiger partial charge in [-0.2, -0.15) is 0 Å². The van der Waals surface area contributed by atoms with Crippen molar-refractivity contribution in [1.29, 1.82) is 0 Å². The summed E-state index contributed by atoms with van der Waals surface area (Å²) in [6, 6.07) is 29.0. The monoisotopic (exact) mass is 923 g/mol. The zero-order valence-electron chi connectivity index (χ0n) is 36.9. The molecule has 1 saturated heterocycles. The average Bonchev–Trinajstić information content (AvgIpc) is 3.33. The third-order valence-corrected chi connectivity index (χ3v) is 13.7. The molecular formula is C50H49N7O9S. The smallest absolute Gasteiger partial charge is 0.254 e. The first kappa shape index (κ1) is 45.9. The Bertz CT molecular complexity index is 3240. The molecular weight excluding hydrogens is 875 g/mol. The van der Waals surface area contributed by atoms with Crippen LogP contribution < -0.4 is 26.7 Å². The van der Waals surface area contributed by atoms with Gasteiger partial charge in [-0.15, -0.1) is 0 Å². The minimum absolute atomic E-state index is 0.0591.